The topological polar surface area (TPSA) is 96.0 Å². The lowest BCUT2D eigenvalue weighted by Gasteiger charge is -2.67. The van der Waals surface area contributed by atoms with Gasteiger partial charge < -0.3 is 14.2 Å². The first-order valence-corrected chi connectivity index (χ1v) is 9.66. The van der Waals surface area contributed by atoms with Gasteiger partial charge in [-0.3, -0.25) is 19.2 Å². The Hall–Kier alpha value is -2.18. The molecule has 4 aliphatic rings. The van der Waals surface area contributed by atoms with Crippen molar-refractivity contribution >= 4 is 23.7 Å². The van der Waals surface area contributed by atoms with E-state index in [1.165, 1.54) is 20.8 Å². The molecule has 0 unspecified atom stereocenters. The molecule has 7 heteroatoms. The lowest BCUT2D eigenvalue weighted by Crippen LogP contribution is -2.67. The van der Waals surface area contributed by atoms with E-state index in [1.807, 2.05) is 6.92 Å². The van der Waals surface area contributed by atoms with Crippen molar-refractivity contribution in [3.8, 4) is 0 Å². The molecule has 28 heavy (non-hydrogen) atoms. The van der Waals surface area contributed by atoms with Crippen molar-refractivity contribution in [3.05, 3.63) is 12.2 Å². The Morgan fingerprint density at radius 1 is 1.04 bits per heavy atom. The monoisotopic (exact) mass is 392 g/mol. The Bertz CT molecular complexity index is 741. The molecule has 0 N–H and O–H groups in total. The van der Waals surface area contributed by atoms with Crippen LogP contribution in [0, 0.1) is 28.6 Å². The highest BCUT2D eigenvalue weighted by atomic mass is 16.5. The molecule has 0 aromatic carbocycles. The van der Waals surface area contributed by atoms with Crippen LogP contribution in [0.5, 0.6) is 0 Å². The van der Waals surface area contributed by atoms with Crippen molar-refractivity contribution in [1.29, 1.82) is 0 Å². The maximum Gasteiger partial charge on any atom is 0.302 e. The van der Waals surface area contributed by atoms with Crippen LogP contribution in [-0.2, 0) is 33.4 Å². The van der Waals surface area contributed by atoms with Crippen LogP contribution in [0.4, 0.5) is 0 Å². The normalized spacial score (nSPS) is 38.7. The summed E-state index contributed by atoms with van der Waals surface area (Å²) in [5.74, 6) is -1.28. The number of hydrogen-bond donors (Lipinski definition) is 0. The van der Waals surface area contributed by atoms with Crippen LogP contribution in [0.3, 0.4) is 0 Å². The smallest absolute Gasteiger partial charge is 0.302 e. The fraction of sp³-hybridized carbons (Fsp3) is 0.714. The second-order valence-electron chi connectivity index (χ2n) is 8.85. The molecule has 4 saturated carbocycles. The zero-order chi connectivity index (χ0) is 20.9. The van der Waals surface area contributed by atoms with Gasteiger partial charge in [0.05, 0.1) is 13.2 Å². The Labute approximate surface area is 164 Å². The quantitative estimate of drug-likeness (QED) is 0.402. The maximum absolute atomic E-state index is 12.4. The number of Topliss-reactive ketones (excluding diaryl/α,β-unsaturated/α-hetero) is 1. The molecular weight excluding hydrogens is 364 g/mol. The number of ketones is 1. The molecule has 0 saturated heterocycles. The van der Waals surface area contributed by atoms with Crippen LogP contribution >= 0.6 is 0 Å². The van der Waals surface area contributed by atoms with Crippen molar-refractivity contribution in [1.82, 2.24) is 0 Å². The van der Waals surface area contributed by atoms with Crippen LogP contribution in [-0.4, -0.2) is 43.0 Å². The molecular formula is C21H28O7. The summed E-state index contributed by atoms with van der Waals surface area (Å²) in [7, 11) is 0. The van der Waals surface area contributed by atoms with E-state index >= 15 is 0 Å². The predicted octanol–water partition coefficient (Wildman–Crippen LogP) is 2.22. The van der Waals surface area contributed by atoms with Crippen molar-refractivity contribution < 1.29 is 33.4 Å². The predicted molar refractivity (Wildman–Crippen MR) is 97.8 cm³/mol. The lowest BCUT2D eigenvalue weighted by atomic mass is 9.36. The molecule has 6 atom stereocenters. The fourth-order valence-electron chi connectivity index (χ4n) is 6.01. The molecule has 7 nitrogen and oxygen atoms in total. The summed E-state index contributed by atoms with van der Waals surface area (Å²) < 4.78 is 16.4. The average Bonchev–Trinajstić information content (AvgIpc) is 2.74. The number of esters is 3. The van der Waals surface area contributed by atoms with Gasteiger partial charge in [-0.25, -0.2) is 0 Å². The van der Waals surface area contributed by atoms with E-state index in [9.17, 15) is 19.2 Å². The first kappa shape index (κ1) is 20.6. The summed E-state index contributed by atoms with van der Waals surface area (Å²) in [6, 6.07) is 0. The Kier molecular flexibility index (Phi) is 5.15. The molecule has 0 aromatic heterocycles. The van der Waals surface area contributed by atoms with Crippen LogP contribution < -0.4 is 0 Å². The molecule has 4 bridgehead atoms. The summed E-state index contributed by atoms with van der Waals surface area (Å²) in [4.78, 5) is 47.1. The minimum Gasteiger partial charge on any atom is -0.465 e. The third-order valence-electron chi connectivity index (χ3n) is 6.88. The van der Waals surface area contributed by atoms with Crippen LogP contribution in [0.1, 0.15) is 47.0 Å². The molecule has 154 valence electrons. The largest absolute Gasteiger partial charge is 0.465 e. The van der Waals surface area contributed by atoms with E-state index in [0.717, 1.165) is 0 Å². The molecule has 0 aromatic rings. The molecule has 0 spiro atoms. The summed E-state index contributed by atoms with van der Waals surface area (Å²) in [5.41, 5.74) is -0.409. The second kappa shape index (κ2) is 7.01. The van der Waals surface area contributed by atoms with Gasteiger partial charge in [0.25, 0.3) is 0 Å². The first-order chi connectivity index (χ1) is 13.0. The molecule has 0 heterocycles. The van der Waals surface area contributed by atoms with Crippen LogP contribution in [0.15, 0.2) is 12.2 Å². The molecule has 4 fully saturated rings. The summed E-state index contributed by atoms with van der Waals surface area (Å²) >= 11 is 0. The van der Waals surface area contributed by atoms with Crippen molar-refractivity contribution in [2.75, 3.05) is 13.2 Å². The van der Waals surface area contributed by atoms with E-state index in [-0.39, 0.29) is 54.7 Å². The lowest BCUT2D eigenvalue weighted by molar-refractivity contribution is -0.207. The molecule has 4 aliphatic carbocycles. The summed E-state index contributed by atoms with van der Waals surface area (Å²) in [6.45, 7) is 10.5. The number of ether oxygens (including phenoxy) is 3. The number of carbonyl (C=O) groups is 4. The molecule has 0 amide bonds. The van der Waals surface area contributed by atoms with Crippen molar-refractivity contribution in [2.45, 2.75) is 53.1 Å². The zero-order valence-electron chi connectivity index (χ0n) is 16.9. The molecule has 4 rings (SSSR count). The van der Waals surface area contributed by atoms with Gasteiger partial charge in [-0.1, -0.05) is 13.5 Å². The van der Waals surface area contributed by atoms with Gasteiger partial charge in [-0.15, -0.1) is 0 Å². The van der Waals surface area contributed by atoms with Crippen LogP contribution in [0.2, 0.25) is 0 Å². The number of allylic oxidation sites excluding steroid dienone is 1. The zero-order valence-corrected chi connectivity index (χ0v) is 16.9. The number of fused-ring (bicyclic) bond motifs is 2. The fourth-order valence-corrected chi connectivity index (χ4v) is 6.01. The van der Waals surface area contributed by atoms with Gasteiger partial charge >= 0.3 is 17.9 Å². The Balaban J connectivity index is 2.01. The average molecular weight is 392 g/mol. The number of carbonyl (C=O) groups excluding carboxylic acids is 4. The Morgan fingerprint density at radius 3 is 2.18 bits per heavy atom. The van der Waals surface area contributed by atoms with Crippen molar-refractivity contribution in [3.63, 3.8) is 0 Å². The molecule has 0 radical (unpaired) electrons. The minimum atomic E-state index is -0.477. The maximum atomic E-state index is 12.4. The second-order valence-corrected chi connectivity index (χ2v) is 8.85. The first-order valence-electron chi connectivity index (χ1n) is 9.66. The highest BCUT2D eigenvalue weighted by molar-refractivity contribution is 5.98. The number of rotatable bonds is 5. The van der Waals surface area contributed by atoms with Crippen molar-refractivity contribution in [2.24, 2.45) is 28.6 Å². The third kappa shape index (κ3) is 3.25. The highest BCUT2D eigenvalue weighted by Crippen LogP contribution is 2.73. The molecule has 0 aliphatic heterocycles. The SMILES string of the molecule is C=C1C(=O)C[C@H]2[C@H]3[C@@H]1[C@]2(COC(C)=O)C[C@H](OC(C)=O)C[C@@]3(C)COC(C)=O. The van der Waals surface area contributed by atoms with Gasteiger partial charge in [0.1, 0.15) is 6.10 Å². The van der Waals surface area contributed by atoms with Crippen LogP contribution in [0.25, 0.3) is 0 Å². The van der Waals surface area contributed by atoms with E-state index in [0.29, 0.717) is 24.8 Å². The van der Waals surface area contributed by atoms with Gasteiger partial charge in [0.15, 0.2) is 5.78 Å². The minimum absolute atomic E-state index is 0.0315. The highest BCUT2D eigenvalue weighted by Gasteiger charge is 2.73. The summed E-state index contributed by atoms with van der Waals surface area (Å²) in [6.07, 6.45) is 0.921. The van der Waals surface area contributed by atoms with E-state index in [1.54, 1.807) is 0 Å². The van der Waals surface area contributed by atoms with E-state index in [2.05, 4.69) is 6.58 Å². The number of hydrogen-bond acceptors (Lipinski definition) is 7. The third-order valence-corrected chi connectivity index (χ3v) is 6.88. The van der Waals surface area contributed by atoms with E-state index in [4.69, 9.17) is 14.2 Å². The summed E-state index contributed by atoms with van der Waals surface area (Å²) in [5, 5.41) is 0. The van der Waals surface area contributed by atoms with Gasteiger partial charge in [-0.2, -0.15) is 0 Å². The van der Waals surface area contributed by atoms with Gasteiger partial charge in [0.2, 0.25) is 0 Å². The van der Waals surface area contributed by atoms with Gasteiger partial charge in [-0.05, 0) is 36.2 Å². The van der Waals surface area contributed by atoms with E-state index < -0.39 is 16.9 Å². The standard InChI is InChI=1S/C21H28O7/c1-11-17(25)6-16-19-18(11)21(16,10-27-13(3)23)8-15(28-14(4)24)7-20(19,5)9-26-12(2)22/h15-16,18-19H,1,6-10H2,2-5H3/t15-,16+,18-,19+,20+,21+/m1/s1. The Morgan fingerprint density at radius 2 is 1.64 bits per heavy atom. The van der Waals surface area contributed by atoms with Gasteiger partial charge in [0, 0.05) is 38.0 Å².